The van der Waals surface area contributed by atoms with Gasteiger partial charge in [-0.1, -0.05) is 12.1 Å². The van der Waals surface area contributed by atoms with Crippen LogP contribution in [0, 0.1) is 0 Å². The van der Waals surface area contributed by atoms with Crippen molar-refractivity contribution in [1.82, 2.24) is 24.3 Å². The zero-order valence-electron chi connectivity index (χ0n) is 17.0. The van der Waals surface area contributed by atoms with Gasteiger partial charge in [0.15, 0.2) is 0 Å². The molecule has 0 saturated carbocycles. The number of amides is 1. The molecule has 8 nitrogen and oxygen atoms in total. The Kier molecular flexibility index (Phi) is 5.18. The average Bonchev–Trinajstić information content (AvgIpc) is 3.26. The van der Waals surface area contributed by atoms with Gasteiger partial charge >= 0.3 is 0 Å². The number of carbonyl (C=O) groups excluding carboxylic acids is 1. The highest BCUT2D eigenvalue weighted by atomic mass is 16.5. The van der Waals surface area contributed by atoms with Crippen molar-refractivity contribution in [3.63, 3.8) is 0 Å². The van der Waals surface area contributed by atoms with E-state index in [0.717, 1.165) is 11.3 Å². The molecule has 31 heavy (non-hydrogen) atoms. The maximum absolute atomic E-state index is 13.0. The average molecular weight is 414 g/mol. The Hall–Kier alpha value is -3.94. The van der Waals surface area contributed by atoms with Crippen LogP contribution in [-0.2, 0) is 6.61 Å². The molecule has 1 saturated heterocycles. The lowest BCUT2D eigenvalue weighted by Crippen LogP contribution is -2.49. The molecule has 1 aromatic carbocycles. The Morgan fingerprint density at radius 1 is 0.968 bits per heavy atom. The van der Waals surface area contributed by atoms with Crippen LogP contribution in [0.4, 0.5) is 5.95 Å². The molecule has 4 aromatic rings. The van der Waals surface area contributed by atoms with Crippen LogP contribution in [0.3, 0.4) is 0 Å². The quantitative estimate of drug-likeness (QED) is 0.500. The molecule has 0 unspecified atom stereocenters. The molecular weight excluding hydrogens is 392 g/mol. The van der Waals surface area contributed by atoms with Gasteiger partial charge in [-0.15, -0.1) is 0 Å². The number of aromatic nitrogens is 4. The van der Waals surface area contributed by atoms with Gasteiger partial charge in [-0.2, -0.15) is 0 Å². The maximum atomic E-state index is 13.0. The molecule has 4 heterocycles. The van der Waals surface area contributed by atoms with Gasteiger partial charge in [-0.25, -0.2) is 15.0 Å². The summed E-state index contributed by atoms with van der Waals surface area (Å²) in [6.45, 7) is 3.02. The van der Waals surface area contributed by atoms with E-state index in [4.69, 9.17) is 4.74 Å². The van der Waals surface area contributed by atoms with E-state index >= 15 is 0 Å². The van der Waals surface area contributed by atoms with Gasteiger partial charge in [0.05, 0.1) is 5.69 Å². The predicted molar refractivity (Wildman–Crippen MR) is 116 cm³/mol. The normalized spacial score (nSPS) is 14.1. The molecular formula is C23H22N6O2. The molecule has 5 rings (SSSR count). The van der Waals surface area contributed by atoms with Crippen LogP contribution in [0.25, 0.3) is 5.65 Å². The second-order valence-electron chi connectivity index (χ2n) is 7.34. The number of fused-ring (bicyclic) bond motifs is 1. The summed E-state index contributed by atoms with van der Waals surface area (Å²) in [6, 6.07) is 15.0. The fraction of sp³-hybridized carbons (Fsp3) is 0.217. The zero-order valence-corrected chi connectivity index (χ0v) is 17.0. The minimum atomic E-state index is 0.00631. The first-order valence-electron chi connectivity index (χ1n) is 10.2. The highest BCUT2D eigenvalue weighted by molar-refractivity contribution is 5.94. The van der Waals surface area contributed by atoms with Gasteiger partial charge in [0.2, 0.25) is 5.95 Å². The van der Waals surface area contributed by atoms with Crippen molar-refractivity contribution in [2.24, 2.45) is 0 Å². The summed E-state index contributed by atoms with van der Waals surface area (Å²) >= 11 is 0. The Morgan fingerprint density at radius 3 is 2.61 bits per heavy atom. The SMILES string of the molecule is O=C(c1cccc(OCc2cn3ccccc3n2)c1)N1CCN(c2ncccn2)CC1. The lowest BCUT2D eigenvalue weighted by atomic mass is 10.1. The van der Waals surface area contributed by atoms with Crippen LogP contribution in [-0.4, -0.2) is 56.3 Å². The number of hydrogen-bond acceptors (Lipinski definition) is 6. The first-order valence-corrected chi connectivity index (χ1v) is 10.2. The largest absolute Gasteiger partial charge is 0.487 e. The van der Waals surface area contributed by atoms with Crippen molar-refractivity contribution in [2.75, 3.05) is 31.1 Å². The monoisotopic (exact) mass is 414 g/mol. The van der Waals surface area contributed by atoms with Crippen molar-refractivity contribution in [3.05, 3.63) is 84.6 Å². The molecule has 3 aromatic heterocycles. The Balaban J connectivity index is 1.21. The van der Waals surface area contributed by atoms with E-state index in [0.29, 0.717) is 50.0 Å². The molecule has 0 aliphatic carbocycles. The molecule has 0 radical (unpaired) electrons. The summed E-state index contributed by atoms with van der Waals surface area (Å²) in [5.41, 5.74) is 2.34. The van der Waals surface area contributed by atoms with Crippen LogP contribution >= 0.6 is 0 Å². The minimum absolute atomic E-state index is 0.00631. The zero-order chi connectivity index (χ0) is 21.0. The van der Waals surface area contributed by atoms with Crippen LogP contribution in [0.1, 0.15) is 16.1 Å². The van der Waals surface area contributed by atoms with Gasteiger partial charge < -0.3 is 18.9 Å². The third-order valence-corrected chi connectivity index (χ3v) is 5.28. The number of nitrogens with zero attached hydrogens (tertiary/aromatic N) is 6. The first-order chi connectivity index (χ1) is 15.3. The molecule has 1 fully saturated rings. The minimum Gasteiger partial charge on any atom is -0.487 e. The summed E-state index contributed by atoms with van der Waals surface area (Å²) in [5, 5.41) is 0. The number of ether oxygens (including phenoxy) is 1. The number of pyridine rings is 1. The van der Waals surface area contributed by atoms with Crippen molar-refractivity contribution in [3.8, 4) is 5.75 Å². The summed E-state index contributed by atoms with van der Waals surface area (Å²) < 4.78 is 7.86. The first kappa shape index (κ1) is 19.0. The third-order valence-electron chi connectivity index (χ3n) is 5.28. The fourth-order valence-electron chi connectivity index (χ4n) is 3.68. The van der Waals surface area contributed by atoms with Crippen molar-refractivity contribution in [2.45, 2.75) is 6.61 Å². The van der Waals surface area contributed by atoms with Gasteiger partial charge in [-0.05, 0) is 36.4 Å². The highest BCUT2D eigenvalue weighted by Crippen LogP contribution is 2.18. The lowest BCUT2D eigenvalue weighted by Gasteiger charge is -2.34. The van der Waals surface area contributed by atoms with Crippen LogP contribution in [0.2, 0.25) is 0 Å². The van der Waals surface area contributed by atoms with Crippen molar-refractivity contribution in [1.29, 1.82) is 0 Å². The molecule has 1 amide bonds. The van der Waals surface area contributed by atoms with Crippen LogP contribution < -0.4 is 9.64 Å². The number of anilines is 1. The van der Waals surface area contributed by atoms with E-state index in [1.54, 1.807) is 24.5 Å². The number of rotatable bonds is 5. The summed E-state index contributed by atoms with van der Waals surface area (Å²) in [4.78, 5) is 30.1. The van der Waals surface area contributed by atoms with Gasteiger partial charge in [0, 0.05) is 56.5 Å². The molecule has 1 aliphatic rings. The summed E-state index contributed by atoms with van der Waals surface area (Å²) in [6.07, 6.45) is 7.37. The standard InChI is InChI=1S/C23H22N6O2/c30-22(27-11-13-28(14-12-27)23-24-8-4-9-25-23)18-5-3-6-20(15-18)31-17-19-16-29-10-2-1-7-21(29)26-19/h1-10,15-16H,11-14,17H2. The molecule has 8 heteroatoms. The Bertz CT molecular complexity index is 1150. The highest BCUT2D eigenvalue weighted by Gasteiger charge is 2.23. The molecule has 0 atom stereocenters. The topological polar surface area (TPSA) is 75.9 Å². The van der Waals surface area contributed by atoms with E-state index in [9.17, 15) is 4.79 Å². The second kappa shape index (κ2) is 8.43. The summed E-state index contributed by atoms with van der Waals surface area (Å²) in [7, 11) is 0. The third kappa shape index (κ3) is 4.18. The maximum Gasteiger partial charge on any atom is 0.254 e. The Labute approximate surface area is 179 Å². The van der Waals surface area contributed by atoms with Crippen LogP contribution in [0.15, 0.2) is 73.3 Å². The predicted octanol–water partition coefficient (Wildman–Crippen LogP) is 2.67. The molecule has 0 N–H and O–H groups in total. The number of piperazine rings is 1. The van der Waals surface area contributed by atoms with Gasteiger partial charge in [0.1, 0.15) is 18.0 Å². The number of hydrogen-bond donors (Lipinski definition) is 0. The van der Waals surface area contributed by atoms with E-state index < -0.39 is 0 Å². The molecule has 0 bridgehead atoms. The van der Waals surface area contributed by atoms with E-state index in [1.165, 1.54) is 0 Å². The van der Waals surface area contributed by atoms with E-state index in [2.05, 4.69) is 19.9 Å². The second-order valence-corrected chi connectivity index (χ2v) is 7.34. The number of carbonyl (C=O) groups is 1. The molecule has 1 aliphatic heterocycles. The van der Waals surface area contributed by atoms with E-state index in [-0.39, 0.29) is 5.91 Å². The lowest BCUT2D eigenvalue weighted by molar-refractivity contribution is 0.0745. The molecule has 156 valence electrons. The van der Waals surface area contributed by atoms with Gasteiger partial charge in [0.25, 0.3) is 5.91 Å². The summed E-state index contributed by atoms with van der Waals surface area (Å²) in [5.74, 6) is 1.36. The molecule has 0 spiro atoms. The van der Waals surface area contributed by atoms with Crippen molar-refractivity contribution < 1.29 is 9.53 Å². The number of imidazole rings is 1. The smallest absolute Gasteiger partial charge is 0.254 e. The Morgan fingerprint density at radius 2 is 1.81 bits per heavy atom. The van der Waals surface area contributed by atoms with Gasteiger partial charge in [-0.3, -0.25) is 4.79 Å². The number of benzene rings is 1. The fourth-order valence-corrected chi connectivity index (χ4v) is 3.68. The van der Waals surface area contributed by atoms with E-state index in [1.807, 2.05) is 58.1 Å². The van der Waals surface area contributed by atoms with Crippen molar-refractivity contribution >= 4 is 17.5 Å². The van der Waals surface area contributed by atoms with Crippen LogP contribution in [0.5, 0.6) is 5.75 Å².